The lowest BCUT2D eigenvalue weighted by Gasteiger charge is -2.43. The summed E-state index contributed by atoms with van der Waals surface area (Å²) in [7, 11) is -13.9. The lowest BCUT2D eigenvalue weighted by atomic mass is 9.81. The molecule has 0 atom stereocenters. The van der Waals surface area contributed by atoms with Crippen molar-refractivity contribution in [2.24, 2.45) is 33.8 Å². The lowest BCUT2D eigenvalue weighted by Crippen LogP contribution is -2.60. The molecule has 0 aromatic carbocycles. The topological polar surface area (TPSA) is 150 Å². The van der Waals surface area contributed by atoms with Crippen molar-refractivity contribution in [3.63, 3.8) is 0 Å². The van der Waals surface area contributed by atoms with E-state index >= 15 is 0 Å². The molecule has 43 heavy (non-hydrogen) atoms. The molecule has 0 fully saturated rings. The predicted octanol–water partition coefficient (Wildman–Crippen LogP) is 6.47. The van der Waals surface area contributed by atoms with Crippen molar-refractivity contribution >= 4 is 50.9 Å². The highest BCUT2D eigenvalue weighted by atomic mass is 28.5. The summed E-state index contributed by atoms with van der Waals surface area (Å²) in [5, 5.41) is 0. The number of nitrogens with two attached hydrogens (primary N) is 4. The van der Waals surface area contributed by atoms with Crippen LogP contribution >= 0.6 is 0 Å². The molecule has 0 aliphatic rings. The first-order valence-corrected chi connectivity index (χ1v) is 34.1. The maximum absolute atomic E-state index is 6.84. The first-order valence-electron chi connectivity index (χ1n) is 16.6. The smallest absolute Gasteiger partial charge is 0.314 e. The first kappa shape index (κ1) is 43.9. The summed E-state index contributed by atoms with van der Waals surface area (Å²) in [4.78, 5) is 0. The fourth-order valence-corrected chi connectivity index (χ4v) is 36.5. The zero-order valence-electron chi connectivity index (χ0n) is 30.8. The van der Waals surface area contributed by atoms with Gasteiger partial charge in [0.05, 0.1) is 0 Å². The van der Waals surface area contributed by atoms with Gasteiger partial charge in [0.1, 0.15) is 0 Å². The molecule has 0 aromatic rings. The van der Waals surface area contributed by atoms with Crippen LogP contribution in [0.15, 0.2) is 0 Å². The Kier molecular flexibility index (Phi) is 17.8. The van der Waals surface area contributed by atoms with Gasteiger partial charge in [0.25, 0.3) is 0 Å². The Morgan fingerprint density at radius 3 is 0.860 bits per heavy atom. The molecule has 0 aliphatic carbocycles. The van der Waals surface area contributed by atoms with E-state index < -0.39 is 50.9 Å². The molecule has 0 unspecified atom stereocenters. The van der Waals surface area contributed by atoms with Crippen LogP contribution in [-0.2, 0) is 20.6 Å². The molecule has 0 heterocycles. The maximum atomic E-state index is 6.84. The van der Waals surface area contributed by atoms with E-state index in [-0.39, 0.29) is 10.8 Å². The van der Waals surface area contributed by atoms with E-state index in [9.17, 15) is 0 Å². The van der Waals surface area contributed by atoms with E-state index in [1.54, 1.807) is 0 Å². The second-order valence-electron chi connectivity index (χ2n) is 15.9. The summed E-state index contributed by atoms with van der Waals surface area (Å²) in [6.45, 7) is 33.2. The third-order valence-electron chi connectivity index (χ3n) is 8.72. The Hall–Kier alpha value is 0.941. The second-order valence-corrected chi connectivity index (χ2v) is 39.2. The van der Waals surface area contributed by atoms with E-state index in [0.717, 1.165) is 50.6 Å². The van der Waals surface area contributed by atoms with Gasteiger partial charge in [-0.3, -0.25) is 0 Å². The summed E-state index contributed by atoms with van der Waals surface area (Å²) >= 11 is 0. The van der Waals surface area contributed by atoms with Crippen molar-refractivity contribution in [2.75, 3.05) is 26.2 Å². The molecule has 0 rings (SSSR count). The van der Waals surface area contributed by atoms with Crippen LogP contribution in [0.25, 0.3) is 0 Å². The van der Waals surface area contributed by atoms with Crippen LogP contribution in [0.1, 0.15) is 52.4 Å². The SMILES string of the molecule is CCC(CN)(CN)CCC[Si](C)(C)O[Si](C)(C)O[Si](C)(C)O[Si](C)(C)O[Si](C)(C)O[Si](C)(C)CCCC(CC)(CN)CN. The fraction of sp³-hybridized carbons (Fsp3) is 1.00. The van der Waals surface area contributed by atoms with Crippen molar-refractivity contribution in [1.29, 1.82) is 0 Å². The van der Waals surface area contributed by atoms with E-state index in [0.29, 0.717) is 26.2 Å². The highest BCUT2D eigenvalue weighted by molar-refractivity contribution is 6.91. The van der Waals surface area contributed by atoms with Gasteiger partial charge < -0.3 is 43.5 Å². The minimum absolute atomic E-state index is 0.0430. The van der Waals surface area contributed by atoms with Crippen molar-refractivity contribution in [3.8, 4) is 0 Å². The summed E-state index contributed by atoms with van der Waals surface area (Å²) in [6.07, 6.45) is 6.27. The third kappa shape index (κ3) is 17.1. The van der Waals surface area contributed by atoms with Gasteiger partial charge in [0, 0.05) is 0 Å². The molecule has 8 N–H and O–H groups in total. The van der Waals surface area contributed by atoms with Crippen LogP contribution in [0.2, 0.25) is 90.7 Å². The molecule has 0 amide bonds. The van der Waals surface area contributed by atoms with Gasteiger partial charge in [0.2, 0.25) is 0 Å². The van der Waals surface area contributed by atoms with Crippen LogP contribution in [0.4, 0.5) is 0 Å². The van der Waals surface area contributed by atoms with Crippen molar-refractivity contribution in [1.82, 2.24) is 0 Å². The quantitative estimate of drug-likeness (QED) is 0.0825. The Labute approximate surface area is 273 Å². The molecule has 260 valence electrons. The summed E-state index contributed by atoms with van der Waals surface area (Å²) in [5.74, 6) is 0. The maximum Gasteiger partial charge on any atom is 0.314 e. The highest BCUT2D eigenvalue weighted by Crippen LogP contribution is 2.33. The predicted molar refractivity (Wildman–Crippen MR) is 200 cm³/mol. The summed E-state index contributed by atoms with van der Waals surface area (Å²) < 4.78 is 34.0. The van der Waals surface area contributed by atoms with Crippen molar-refractivity contribution in [2.45, 2.75) is 143 Å². The number of hydrogen-bond acceptors (Lipinski definition) is 9. The highest BCUT2D eigenvalue weighted by Gasteiger charge is 2.47. The molecule has 0 bridgehead atoms. The lowest BCUT2D eigenvalue weighted by molar-refractivity contribution is 0.265. The number of rotatable bonds is 24. The van der Waals surface area contributed by atoms with Gasteiger partial charge in [-0.05, 0) is 153 Å². The molecular weight excluding hydrogens is 641 g/mol. The second kappa shape index (κ2) is 17.4. The minimum atomic E-state index is -2.55. The molecule has 0 saturated heterocycles. The van der Waals surface area contributed by atoms with Crippen LogP contribution in [0.5, 0.6) is 0 Å². The van der Waals surface area contributed by atoms with Gasteiger partial charge in [-0.15, -0.1) is 0 Å². The van der Waals surface area contributed by atoms with Crippen LogP contribution in [0, 0.1) is 10.8 Å². The van der Waals surface area contributed by atoms with Crippen molar-refractivity contribution < 1.29 is 20.6 Å². The normalized spacial score (nSPS) is 14.9. The molecule has 9 nitrogen and oxygen atoms in total. The van der Waals surface area contributed by atoms with Crippen molar-refractivity contribution in [3.05, 3.63) is 0 Å². The average molecular weight is 715 g/mol. The molecule has 0 spiro atoms. The van der Waals surface area contributed by atoms with Gasteiger partial charge in [-0.1, -0.05) is 26.7 Å². The summed E-state index contributed by atoms with van der Waals surface area (Å²) in [6, 6.07) is 2.13. The van der Waals surface area contributed by atoms with E-state index in [1.165, 1.54) is 0 Å². The standard InChI is InChI=1S/C28H74N4O5Si6/c1-15-27(23-29,24-30)19-17-21-38(3,4)33-40(7,8)35-42(11,12)37-43(13,14)36-41(9,10)34-39(5,6)22-18-20-28(16-2,25-31)26-32/h15-26,29-32H2,1-14H3. The molecule has 0 saturated carbocycles. The largest absolute Gasteiger partial charge is 0.436 e. The Morgan fingerprint density at radius 2 is 0.651 bits per heavy atom. The molecule has 0 aliphatic heterocycles. The Morgan fingerprint density at radius 1 is 0.419 bits per heavy atom. The van der Waals surface area contributed by atoms with Gasteiger partial charge >= 0.3 is 34.2 Å². The van der Waals surface area contributed by atoms with Gasteiger partial charge in [0.15, 0.2) is 16.6 Å². The molecular formula is C28H74N4O5Si6. The zero-order chi connectivity index (χ0) is 34.0. The van der Waals surface area contributed by atoms with Gasteiger partial charge in [-0.2, -0.15) is 0 Å². The van der Waals surface area contributed by atoms with E-state index in [4.69, 9.17) is 43.5 Å². The molecule has 0 radical (unpaired) electrons. The average Bonchev–Trinajstić information content (AvgIpc) is 2.81. The number of hydrogen-bond donors (Lipinski definition) is 4. The van der Waals surface area contributed by atoms with Gasteiger partial charge in [-0.25, -0.2) is 0 Å². The zero-order valence-corrected chi connectivity index (χ0v) is 36.8. The van der Waals surface area contributed by atoms with E-state index in [1.807, 2.05) is 0 Å². The first-order chi connectivity index (χ1) is 19.3. The molecule has 15 heteroatoms. The Bertz CT molecular complexity index is 730. The third-order valence-corrected chi connectivity index (χ3v) is 32.0. The fourth-order valence-electron chi connectivity index (χ4n) is 6.58. The van der Waals surface area contributed by atoms with Crippen LogP contribution in [-0.4, -0.2) is 77.1 Å². The minimum Gasteiger partial charge on any atom is -0.436 e. The summed E-state index contributed by atoms with van der Waals surface area (Å²) in [5.41, 5.74) is 24.4. The van der Waals surface area contributed by atoms with Crippen LogP contribution in [0.3, 0.4) is 0 Å². The van der Waals surface area contributed by atoms with Crippen LogP contribution < -0.4 is 22.9 Å². The van der Waals surface area contributed by atoms with E-state index in [2.05, 4.69) is 92.4 Å². The Balaban J connectivity index is 5.20. The monoisotopic (exact) mass is 714 g/mol. The molecule has 0 aromatic heterocycles.